The van der Waals surface area contributed by atoms with Crippen molar-refractivity contribution in [3.63, 3.8) is 0 Å². The topological polar surface area (TPSA) is 46.3 Å². The SMILES string of the molecule is C=CC(N)N1CCCC(c2ccccc2)(c2ccccc2)C1=O. The third-order valence-corrected chi connectivity index (χ3v) is 4.71. The fourth-order valence-corrected chi connectivity index (χ4v) is 3.53. The predicted molar refractivity (Wildman–Crippen MR) is 92.8 cm³/mol. The maximum absolute atomic E-state index is 13.4. The molecule has 3 rings (SSSR count). The zero-order valence-corrected chi connectivity index (χ0v) is 13.2. The highest BCUT2D eigenvalue weighted by molar-refractivity contribution is 5.93. The molecule has 118 valence electrons. The number of carbonyl (C=O) groups is 1. The van der Waals surface area contributed by atoms with Crippen molar-refractivity contribution < 1.29 is 4.79 Å². The van der Waals surface area contributed by atoms with Crippen LogP contribution in [-0.2, 0) is 10.2 Å². The molecule has 1 aliphatic rings. The molecule has 0 bridgehead atoms. The summed E-state index contributed by atoms with van der Waals surface area (Å²) in [6, 6.07) is 20.0. The number of benzene rings is 2. The van der Waals surface area contributed by atoms with Gasteiger partial charge in [0.05, 0.1) is 11.6 Å². The average Bonchev–Trinajstić information content (AvgIpc) is 2.63. The number of hydrogen-bond donors (Lipinski definition) is 1. The van der Waals surface area contributed by atoms with E-state index in [1.807, 2.05) is 60.7 Å². The number of piperidine rings is 1. The van der Waals surface area contributed by atoms with Crippen molar-refractivity contribution in [1.29, 1.82) is 0 Å². The van der Waals surface area contributed by atoms with E-state index in [-0.39, 0.29) is 5.91 Å². The first-order chi connectivity index (χ1) is 11.2. The van der Waals surface area contributed by atoms with Gasteiger partial charge >= 0.3 is 0 Å². The van der Waals surface area contributed by atoms with Crippen LogP contribution < -0.4 is 5.73 Å². The van der Waals surface area contributed by atoms with Crippen LogP contribution >= 0.6 is 0 Å². The molecule has 1 fully saturated rings. The van der Waals surface area contributed by atoms with Crippen LogP contribution in [0.5, 0.6) is 0 Å². The molecule has 0 radical (unpaired) electrons. The van der Waals surface area contributed by atoms with E-state index in [9.17, 15) is 4.79 Å². The van der Waals surface area contributed by atoms with Crippen molar-refractivity contribution in [2.45, 2.75) is 24.4 Å². The lowest BCUT2D eigenvalue weighted by atomic mass is 9.68. The minimum Gasteiger partial charge on any atom is -0.323 e. The van der Waals surface area contributed by atoms with Crippen molar-refractivity contribution in [1.82, 2.24) is 4.90 Å². The fourth-order valence-electron chi connectivity index (χ4n) is 3.53. The van der Waals surface area contributed by atoms with Gasteiger partial charge in [-0.2, -0.15) is 0 Å². The van der Waals surface area contributed by atoms with Crippen LogP contribution in [0.4, 0.5) is 0 Å². The molecule has 1 atom stereocenters. The summed E-state index contributed by atoms with van der Waals surface area (Å²) in [5.41, 5.74) is 7.49. The molecule has 0 aromatic heterocycles. The third-order valence-electron chi connectivity index (χ3n) is 4.71. The Hall–Kier alpha value is -2.39. The third kappa shape index (κ3) is 2.57. The van der Waals surface area contributed by atoms with Crippen molar-refractivity contribution in [2.75, 3.05) is 6.54 Å². The smallest absolute Gasteiger partial charge is 0.239 e. The summed E-state index contributed by atoms with van der Waals surface area (Å²) in [5, 5.41) is 0. The van der Waals surface area contributed by atoms with E-state index in [0.29, 0.717) is 6.54 Å². The zero-order valence-electron chi connectivity index (χ0n) is 13.2. The molecule has 1 heterocycles. The molecule has 0 spiro atoms. The number of hydrogen-bond acceptors (Lipinski definition) is 2. The second-order valence-corrected chi connectivity index (χ2v) is 5.97. The fraction of sp³-hybridized carbons (Fsp3) is 0.250. The normalized spacial score (nSPS) is 18.5. The lowest BCUT2D eigenvalue weighted by Crippen LogP contribution is -2.57. The Balaban J connectivity index is 2.17. The number of rotatable bonds is 4. The molecule has 1 saturated heterocycles. The molecule has 1 unspecified atom stereocenters. The average molecular weight is 306 g/mol. The minimum absolute atomic E-state index is 0.0635. The van der Waals surface area contributed by atoms with Gasteiger partial charge in [0, 0.05) is 6.54 Å². The summed E-state index contributed by atoms with van der Waals surface area (Å²) in [4.78, 5) is 15.2. The second kappa shape index (κ2) is 6.39. The van der Waals surface area contributed by atoms with Gasteiger partial charge in [0.1, 0.15) is 0 Å². The molecule has 2 N–H and O–H groups in total. The van der Waals surface area contributed by atoms with Gasteiger partial charge in [-0.15, -0.1) is 0 Å². The molecule has 2 aromatic rings. The largest absolute Gasteiger partial charge is 0.323 e. The molecular formula is C20H22N2O. The van der Waals surface area contributed by atoms with Gasteiger partial charge in [-0.25, -0.2) is 0 Å². The summed E-state index contributed by atoms with van der Waals surface area (Å²) >= 11 is 0. The number of amides is 1. The van der Waals surface area contributed by atoms with E-state index >= 15 is 0 Å². The van der Waals surface area contributed by atoms with Gasteiger partial charge < -0.3 is 10.6 Å². The van der Waals surface area contributed by atoms with E-state index in [4.69, 9.17) is 5.73 Å². The molecule has 0 saturated carbocycles. The second-order valence-electron chi connectivity index (χ2n) is 5.97. The molecule has 23 heavy (non-hydrogen) atoms. The summed E-state index contributed by atoms with van der Waals surface area (Å²) in [5.74, 6) is 0.0635. The molecule has 3 heteroatoms. The lowest BCUT2D eigenvalue weighted by Gasteiger charge is -2.44. The van der Waals surface area contributed by atoms with E-state index in [2.05, 4.69) is 6.58 Å². The van der Waals surface area contributed by atoms with Crippen LogP contribution in [0.2, 0.25) is 0 Å². The van der Waals surface area contributed by atoms with Crippen LogP contribution in [0.25, 0.3) is 0 Å². The lowest BCUT2D eigenvalue weighted by molar-refractivity contribution is -0.140. The highest BCUT2D eigenvalue weighted by Crippen LogP contribution is 2.41. The summed E-state index contributed by atoms with van der Waals surface area (Å²) in [7, 11) is 0. The van der Waals surface area contributed by atoms with Crippen molar-refractivity contribution in [3.05, 3.63) is 84.4 Å². The van der Waals surface area contributed by atoms with Gasteiger partial charge in [0.2, 0.25) is 5.91 Å². The van der Waals surface area contributed by atoms with Crippen molar-refractivity contribution in [3.8, 4) is 0 Å². The van der Waals surface area contributed by atoms with Crippen molar-refractivity contribution >= 4 is 5.91 Å². The molecule has 1 amide bonds. The molecular weight excluding hydrogens is 284 g/mol. The van der Waals surface area contributed by atoms with Crippen LogP contribution in [0, 0.1) is 0 Å². The maximum atomic E-state index is 13.4. The summed E-state index contributed by atoms with van der Waals surface area (Å²) in [6.45, 7) is 4.42. The first-order valence-corrected chi connectivity index (χ1v) is 8.00. The first-order valence-electron chi connectivity index (χ1n) is 8.00. The van der Waals surface area contributed by atoms with Crippen LogP contribution in [0.1, 0.15) is 24.0 Å². The molecule has 2 aromatic carbocycles. The Labute approximate surface area is 137 Å². The standard InChI is InChI=1S/C20H22N2O/c1-2-18(21)22-15-9-14-20(19(22)23,16-10-5-3-6-11-16)17-12-7-4-8-13-17/h2-8,10-13,18H,1,9,14-15,21H2. The van der Waals surface area contributed by atoms with E-state index in [1.54, 1.807) is 11.0 Å². The quantitative estimate of drug-likeness (QED) is 0.882. The highest BCUT2D eigenvalue weighted by Gasteiger charge is 2.47. The molecule has 3 nitrogen and oxygen atoms in total. The number of carbonyl (C=O) groups excluding carboxylic acids is 1. The molecule has 1 aliphatic heterocycles. The molecule has 0 aliphatic carbocycles. The Morgan fingerprint density at radius 2 is 1.57 bits per heavy atom. The van der Waals surface area contributed by atoms with Gasteiger partial charge in [-0.05, 0) is 24.0 Å². The van der Waals surface area contributed by atoms with Crippen LogP contribution in [0.3, 0.4) is 0 Å². The number of nitrogens with two attached hydrogens (primary N) is 1. The maximum Gasteiger partial charge on any atom is 0.239 e. The van der Waals surface area contributed by atoms with Gasteiger partial charge in [-0.1, -0.05) is 73.3 Å². The van der Waals surface area contributed by atoms with Gasteiger partial charge in [0.25, 0.3) is 0 Å². The Bertz CT molecular complexity index is 642. The van der Waals surface area contributed by atoms with Gasteiger partial charge in [0.15, 0.2) is 0 Å². The first kappa shape index (κ1) is 15.5. The predicted octanol–water partition coefficient (Wildman–Crippen LogP) is 3.07. The number of likely N-dealkylation sites (tertiary alicyclic amines) is 1. The van der Waals surface area contributed by atoms with E-state index in [0.717, 1.165) is 24.0 Å². The van der Waals surface area contributed by atoms with Crippen molar-refractivity contribution in [2.24, 2.45) is 5.73 Å². The highest BCUT2D eigenvalue weighted by atomic mass is 16.2. The van der Waals surface area contributed by atoms with E-state index < -0.39 is 11.6 Å². The monoisotopic (exact) mass is 306 g/mol. The zero-order chi connectivity index (χ0) is 16.3. The minimum atomic E-state index is -0.665. The Morgan fingerprint density at radius 3 is 2.04 bits per heavy atom. The Morgan fingerprint density at radius 1 is 1.04 bits per heavy atom. The Kier molecular flexibility index (Phi) is 4.30. The summed E-state index contributed by atoms with van der Waals surface area (Å²) < 4.78 is 0. The van der Waals surface area contributed by atoms with Crippen LogP contribution in [-0.4, -0.2) is 23.5 Å². The van der Waals surface area contributed by atoms with Crippen LogP contribution in [0.15, 0.2) is 73.3 Å². The van der Waals surface area contributed by atoms with E-state index in [1.165, 1.54) is 0 Å². The summed E-state index contributed by atoms with van der Waals surface area (Å²) in [6.07, 6.45) is 2.89. The number of nitrogens with zero attached hydrogens (tertiary/aromatic N) is 1. The van der Waals surface area contributed by atoms with Gasteiger partial charge in [-0.3, -0.25) is 4.79 Å².